The Balaban J connectivity index is 0.000000823. The lowest BCUT2D eigenvalue weighted by Crippen LogP contribution is -2.60. The molecular formula is C37H57N5O7. The van der Waals surface area contributed by atoms with Crippen molar-refractivity contribution in [2.45, 2.75) is 124 Å². The van der Waals surface area contributed by atoms with E-state index in [0.29, 0.717) is 19.4 Å². The number of carbonyl (C=O) groups excluding carboxylic acids is 6. The van der Waals surface area contributed by atoms with Crippen LogP contribution in [0.5, 0.6) is 0 Å². The van der Waals surface area contributed by atoms with Crippen LogP contribution in [-0.2, 0) is 35.3 Å². The zero-order valence-corrected chi connectivity index (χ0v) is 29.9. The Bertz CT molecular complexity index is 1290. The van der Waals surface area contributed by atoms with Gasteiger partial charge in [0.15, 0.2) is 0 Å². The predicted molar refractivity (Wildman–Crippen MR) is 186 cm³/mol. The third kappa shape index (κ3) is 13.1. The first-order valence-corrected chi connectivity index (χ1v) is 17.9. The van der Waals surface area contributed by atoms with Crippen LogP contribution in [0.2, 0.25) is 0 Å². The van der Waals surface area contributed by atoms with Gasteiger partial charge in [-0.25, -0.2) is 4.79 Å². The molecule has 0 aromatic heterocycles. The Morgan fingerprint density at radius 2 is 1.59 bits per heavy atom. The number of amides is 5. The fraction of sp³-hybridized carbons (Fsp3) is 0.676. The molecule has 1 saturated heterocycles. The van der Waals surface area contributed by atoms with Crippen LogP contribution in [0.15, 0.2) is 30.3 Å². The molecule has 4 rings (SSSR count). The first kappa shape index (κ1) is 39.5. The van der Waals surface area contributed by atoms with Gasteiger partial charge in [-0.2, -0.15) is 0 Å². The van der Waals surface area contributed by atoms with Crippen molar-refractivity contribution >= 4 is 35.5 Å². The zero-order chi connectivity index (χ0) is 36.1. The van der Waals surface area contributed by atoms with E-state index >= 15 is 0 Å². The number of hydrogen-bond donors (Lipinski definition) is 4. The molecule has 3 unspecified atom stereocenters. The van der Waals surface area contributed by atoms with E-state index in [0.717, 1.165) is 30.7 Å². The van der Waals surface area contributed by atoms with Crippen molar-refractivity contribution in [1.82, 2.24) is 20.9 Å². The molecule has 4 atom stereocenters. The lowest BCUT2D eigenvalue weighted by Gasteiger charge is -2.35. The third-order valence-corrected chi connectivity index (χ3v) is 9.61. The SMILES string of the molecule is CC1CCCCC1.CCC1C[C@@H](C(=O)NC(CC2CC2)C(=O)C(N)=O)N(C(=O)C(NC(=O)NCC(=O)OCc2ccccc2)C(C)(C)C)C1. The van der Waals surface area contributed by atoms with Gasteiger partial charge in [0.1, 0.15) is 25.2 Å². The predicted octanol–water partition coefficient (Wildman–Crippen LogP) is 4.00. The smallest absolute Gasteiger partial charge is 0.325 e. The molecule has 3 aliphatic rings. The average Bonchev–Trinajstić information content (AvgIpc) is 3.78. The second-order valence-corrected chi connectivity index (χ2v) is 15.0. The average molecular weight is 684 g/mol. The maximum Gasteiger partial charge on any atom is 0.325 e. The minimum atomic E-state index is -1.11. The highest BCUT2D eigenvalue weighted by atomic mass is 16.5. The number of nitrogens with two attached hydrogens (primary N) is 1. The highest BCUT2D eigenvalue weighted by Gasteiger charge is 2.45. The standard InChI is InChI=1S/C30H43N5O7.C7H14/c1-5-18-14-22(27(39)33-21(13-19-11-12-19)24(37)26(31)38)35(16-18)28(40)25(30(2,3)4)34-29(41)32-15-23(36)42-17-20-9-7-6-8-10-20;1-7-5-3-2-4-6-7/h6-10,18-19,21-22,25H,5,11-17H2,1-4H3,(H2,31,38)(H,33,39)(H2,32,34,41);7H,2-6H2,1H3/t18?,21?,22-,25?;/m0./s1. The molecular weight excluding hydrogens is 626 g/mol. The second kappa shape index (κ2) is 18.7. The minimum Gasteiger partial charge on any atom is -0.460 e. The van der Waals surface area contributed by atoms with E-state index in [1.807, 2.05) is 37.3 Å². The molecule has 1 heterocycles. The van der Waals surface area contributed by atoms with Crippen LogP contribution in [0, 0.1) is 23.2 Å². The van der Waals surface area contributed by atoms with Crippen molar-refractivity contribution in [1.29, 1.82) is 0 Å². The lowest BCUT2D eigenvalue weighted by atomic mass is 9.85. The number of ether oxygens (including phenoxy) is 1. The van der Waals surface area contributed by atoms with Gasteiger partial charge in [-0.15, -0.1) is 0 Å². The summed E-state index contributed by atoms with van der Waals surface area (Å²) >= 11 is 0. The molecule has 49 heavy (non-hydrogen) atoms. The number of rotatable bonds is 13. The fourth-order valence-electron chi connectivity index (χ4n) is 6.31. The van der Waals surface area contributed by atoms with Gasteiger partial charge in [-0.3, -0.25) is 24.0 Å². The number of carbonyl (C=O) groups is 6. The number of primary amides is 1. The summed E-state index contributed by atoms with van der Waals surface area (Å²) in [6, 6.07) is 5.43. The Morgan fingerprint density at radius 3 is 2.12 bits per heavy atom. The molecule has 0 bridgehead atoms. The summed E-state index contributed by atoms with van der Waals surface area (Å²) in [5.74, 6) is -2.28. The third-order valence-electron chi connectivity index (χ3n) is 9.61. The summed E-state index contributed by atoms with van der Waals surface area (Å²) in [5, 5.41) is 7.79. The van der Waals surface area contributed by atoms with E-state index < -0.39 is 65.6 Å². The largest absolute Gasteiger partial charge is 0.460 e. The number of nitrogens with one attached hydrogen (secondary N) is 3. The summed E-state index contributed by atoms with van der Waals surface area (Å²) in [6.45, 7) is 9.63. The first-order chi connectivity index (χ1) is 23.2. The second-order valence-electron chi connectivity index (χ2n) is 15.0. The molecule has 12 nitrogen and oxygen atoms in total. The van der Waals surface area contributed by atoms with Crippen LogP contribution in [0.1, 0.15) is 104 Å². The summed E-state index contributed by atoms with van der Waals surface area (Å²) in [6.07, 6.45) is 10.7. The molecule has 2 saturated carbocycles. The van der Waals surface area contributed by atoms with Gasteiger partial charge in [0.2, 0.25) is 17.6 Å². The normalized spacial score (nSPS) is 20.6. The van der Waals surface area contributed by atoms with E-state index in [1.165, 1.54) is 37.0 Å². The molecule has 12 heteroatoms. The maximum atomic E-state index is 13.9. The van der Waals surface area contributed by atoms with Crippen molar-refractivity contribution < 1.29 is 33.5 Å². The molecule has 3 fully saturated rings. The van der Waals surface area contributed by atoms with Gasteiger partial charge < -0.3 is 31.3 Å². The molecule has 5 amide bonds. The van der Waals surface area contributed by atoms with Crippen LogP contribution >= 0.6 is 0 Å². The molecule has 1 aromatic carbocycles. The fourth-order valence-corrected chi connectivity index (χ4v) is 6.31. The molecule has 1 aliphatic heterocycles. The molecule has 272 valence electrons. The highest BCUT2D eigenvalue weighted by Crippen LogP contribution is 2.34. The van der Waals surface area contributed by atoms with Crippen molar-refractivity contribution in [3.05, 3.63) is 35.9 Å². The number of nitrogens with zero attached hydrogens (tertiary/aromatic N) is 1. The van der Waals surface area contributed by atoms with Gasteiger partial charge in [-0.1, -0.05) is 116 Å². The number of esters is 1. The number of benzene rings is 1. The van der Waals surface area contributed by atoms with E-state index in [9.17, 15) is 28.8 Å². The van der Waals surface area contributed by atoms with Crippen LogP contribution in [0.3, 0.4) is 0 Å². The van der Waals surface area contributed by atoms with Crippen LogP contribution < -0.4 is 21.7 Å². The zero-order valence-electron chi connectivity index (χ0n) is 29.9. The monoisotopic (exact) mass is 683 g/mol. The number of urea groups is 1. The number of ketones is 1. The van der Waals surface area contributed by atoms with Crippen molar-refractivity contribution in [3.8, 4) is 0 Å². The Morgan fingerprint density at radius 1 is 0.939 bits per heavy atom. The van der Waals surface area contributed by atoms with Crippen LogP contribution in [0.25, 0.3) is 0 Å². The van der Waals surface area contributed by atoms with Gasteiger partial charge in [0.25, 0.3) is 5.91 Å². The molecule has 2 aliphatic carbocycles. The molecule has 5 N–H and O–H groups in total. The number of Topliss-reactive ketones (excluding diaryl/α,β-unsaturated/α-hetero) is 1. The number of hydrogen-bond acceptors (Lipinski definition) is 7. The Labute approximate surface area is 291 Å². The maximum absolute atomic E-state index is 13.9. The Kier molecular flexibility index (Phi) is 15.1. The Hall–Kier alpha value is -3.96. The van der Waals surface area contributed by atoms with Gasteiger partial charge in [0, 0.05) is 6.54 Å². The molecule has 0 spiro atoms. The topological polar surface area (TPSA) is 177 Å². The van der Waals surface area contributed by atoms with Gasteiger partial charge >= 0.3 is 12.0 Å². The van der Waals surface area contributed by atoms with Crippen molar-refractivity contribution in [3.63, 3.8) is 0 Å². The summed E-state index contributed by atoms with van der Waals surface area (Å²) in [7, 11) is 0. The molecule has 0 radical (unpaired) electrons. The summed E-state index contributed by atoms with van der Waals surface area (Å²) in [4.78, 5) is 77.7. The van der Waals surface area contributed by atoms with E-state index in [1.54, 1.807) is 20.8 Å². The van der Waals surface area contributed by atoms with Gasteiger partial charge in [0.05, 0.1) is 6.04 Å². The minimum absolute atomic E-state index is 0.0345. The van der Waals surface area contributed by atoms with Crippen molar-refractivity contribution in [2.75, 3.05) is 13.1 Å². The van der Waals surface area contributed by atoms with Gasteiger partial charge in [-0.05, 0) is 41.6 Å². The van der Waals surface area contributed by atoms with Crippen molar-refractivity contribution in [2.24, 2.45) is 28.9 Å². The van der Waals surface area contributed by atoms with E-state index in [4.69, 9.17) is 10.5 Å². The lowest BCUT2D eigenvalue weighted by molar-refractivity contribution is -0.143. The molecule has 1 aromatic rings. The van der Waals surface area contributed by atoms with E-state index in [2.05, 4.69) is 22.9 Å². The highest BCUT2D eigenvalue weighted by molar-refractivity contribution is 6.37. The number of likely N-dealkylation sites (tertiary alicyclic amines) is 1. The van der Waals surface area contributed by atoms with E-state index in [-0.39, 0.29) is 18.4 Å². The summed E-state index contributed by atoms with van der Waals surface area (Å²) < 4.78 is 5.18. The van der Waals surface area contributed by atoms with Crippen LogP contribution in [0.4, 0.5) is 4.79 Å². The first-order valence-electron chi connectivity index (χ1n) is 17.9. The van der Waals surface area contributed by atoms with Crippen LogP contribution in [-0.4, -0.2) is 71.6 Å². The quantitative estimate of drug-likeness (QED) is 0.179. The summed E-state index contributed by atoms with van der Waals surface area (Å²) in [5.41, 5.74) is 5.28.